The molecule has 0 saturated carbocycles. The van der Waals surface area contributed by atoms with Crippen molar-refractivity contribution in [2.24, 2.45) is 0 Å². The molecule has 1 heterocycles. The Hall–Kier alpha value is -0.570. The third-order valence-corrected chi connectivity index (χ3v) is 0.802. The van der Waals surface area contributed by atoms with Crippen LogP contribution < -0.4 is 5.32 Å². The lowest BCUT2D eigenvalue weighted by atomic mass is 10.5. The van der Waals surface area contributed by atoms with E-state index >= 15 is 0 Å². The first kappa shape index (κ1) is 13.1. The first-order valence-corrected chi connectivity index (χ1v) is 4.24. The van der Waals surface area contributed by atoms with Crippen molar-refractivity contribution in [3.8, 4) is 0 Å². The largest absolute Gasteiger partial charge is 0.370 e. The average molecular weight is 161 g/mol. The van der Waals surface area contributed by atoms with Crippen LogP contribution in [0, 0.1) is 0 Å². The highest BCUT2D eigenvalue weighted by atomic mass is 16.5. The zero-order valence-electron chi connectivity index (χ0n) is 7.94. The highest BCUT2D eigenvalue weighted by Gasteiger charge is 2.04. The molecule has 0 spiro atoms. The lowest BCUT2D eigenvalue weighted by molar-refractivity contribution is -0.128. The Morgan fingerprint density at radius 1 is 1.27 bits per heavy atom. The number of carbonyl (C=O) groups excluding carboxylic acids is 1. The van der Waals surface area contributed by atoms with E-state index < -0.39 is 0 Å². The molecule has 1 aliphatic heterocycles. The lowest BCUT2D eigenvalue weighted by Crippen LogP contribution is -2.36. The molecule has 68 valence electrons. The number of carbonyl (C=O) groups is 1. The van der Waals surface area contributed by atoms with Crippen LogP contribution in [0.1, 0.15) is 27.7 Å². The van der Waals surface area contributed by atoms with Crippen LogP contribution in [0.25, 0.3) is 0 Å². The second-order valence-corrected chi connectivity index (χ2v) is 1.40. The molecule has 0 radical (unpaired) electrons. The van der Waals surface area contributed by atoms with Crippen LogP contribution in [0.2, 0.25) is 0 Å². The summed E-state index contributed by atoms with van der Waals surface area (Å²) in [4.78, 5) is 10.2. The van der Waals surface area contributed by atoms with Crippen LogP contribution in [0.4, 0.5) is 0 Å². The van der Waals surface area contributed by atoms with Crippen molar-refractivity contribution in [1.82, 2.24) is 5.32 Å². The molecular weight excluding hydrogens is 142 g/mol. The molecule has 0 atom stereocenters. The van der Waals surface area contributed by atoms with Gasteiger partial charge >= 0.3 is 0 Å². The maximum atomic E-state index is 10.2. The summed E-state index contributed by atoms with van der Waals surface area (Å²) < 4.78 is 4.77. The van der Waals surface area contributed by atoms with Gasteiger partial charge in [-0.05, 0) is 0 Å². The summed E-state index contributed by atoms with van der Waals surface area (Å²) in [5.41, 5.74) is 0. The molecule has 3 heteroatoms. The average Bonchev–Trinajstić information content (AvgIpc) is 2.13. The van der Waals surface area contributed by atoms with E-state index in [1.54, 1.807) is 0 Å². The Labute approximate surface area is 69.1 Å². The molecule has 1 N–H and O–H groups in total. The molecule has 1 fully saturated rings. The van der Waals surface area contributed by atoms with Crippen LogP contribution in [0.5, 0.6) is 0 Å². The number of rotatable bonds is 0. The van der Waals surface area contributed by atoms with E-state index in [9.17, 15) is 4.79 Å². The van der Waals surface area contributed by atoms with Gasteiger partial charge in [0, 0.05) is 6.54 Å². The minimum atomic E-state index is -0.00810. The van der Waals surface area contributed by atoms with E-state index in [-0.39, 0.29) is 12.5 Å². The van der Waals surface area contributed by atoms with Gasteiger partial charge in [0.05, 0.1) is 6.61 Å². The molecule has 0 aromatic rings. The number of hydrogen-bond donors (Lipinski definition) is 1. The Kier molecular flexibility index (Phi) is 14.4. The van der Waals surface area contributed by atoms with Gasteiger partial charge in [0.2, 0.25) is 5.91 Å². The van der Waals surface area contributed by atoms with Crippen molar-refractivity contribution in [2.75, 3.05) is 19.8 Å². The van der Waals surface area contributed by atoms with Crippen molar-refractivity contribution in [2.45, 2.75) is 27.7 Å². The summed E-state index contributed by atoms with van der Waals surface area (Å²) >= 11 is 0. The van der Waals surface area contributed by atoms with Crippen LogP contribution >= 0.6 is 0 Å². The standard InChI is InChI=1S/C4H7NO2.2C2H6/c6-4-3-7-2-1-5-4;2*1-2/h1-3H2,(H,5,6);2*1-2H3. The summed E-state index contributed by atoms with van der Waals surface area (Å²) in [7, 11) is 0. The zero-order chi connectivity index (χ0) is 9.11. The van der Waals surface area contributed by atoms with Crippen LogP contribution in [-0.2, 0) is 9.53 Å². The molecule has 1 rings (SSSR count). The van der Waals surface area contributed by atoms with E-state index in [1.165, 1.54) is 0 Å². The fraction of sp³-hybridized carbons (Fsp3) is 0.875. The summed E-state index contributed by atoms with van der Waals surface area (Å²) in [6.45, 7) is 9.56. The van der Waals surface area contributed by atoms with Gasteiger partial charge in [0.15, 0.2) is 0 Å². The molecule has 0 aromatic carbocycles. The Morgan fingerprint density at radius 2 is 1.82 bits per heavy atom. The first-order chi connectivity index (χ1) is 5.39. The van der Waals surface area contributed by atoms with Crippen molar-refractivity contribution >= 4 is 5.91 Å². The number of ether oxygens (including phenoxy) is 1. The first-order valence-electron chi connectivity index (χ1n) is 4.24. The van der Waals surface area contributed by atoms with Gasteiger partial charge in [-0.15, -0.1) is 0 Å². The minimum absolute atomic E-state index is 0.00810. The highest BCUT2D eigenvalue weighted by Crippen LogP contribution is 1.79. The summed E-state index contributed by atoms with van der Waals surface area (Å²) in [6, 6.07) is 0. The Morgan fingerprint density at radius 3 is 2.00 bits per heavy atom. The number of hydrogen-bond acceptors (Lipinski definition) is 2. The topological polar surface area (TPSA) is 38.3 Å². The molecule has 3 nitrogen and oxygen atoms in total. The lowest BCUT2D eigenvalue weighted by Gasteiger charge is -2.10. The number of nitrogens with one attached hydrogen (secondary N) is 1. The fourth-order valence-corrected chi connectivity index (χ4v) is 0.479. The number of morpholine rings is 1. The molecule has 1 amide bonds. The summed E-state index contributed by atoms with van der Waals surface area (Å²) in [6.07, 6.45) is 0. The molecule has 1 aliphatic rings. The second-order valence-electron chi connectivity index (χ2n) is 1.40. The SMILES string of the molecule is CC.CC.O=C1COCCN1. The van der Waals surface area contributed by atoms with E-state index in [2.05, 4.69) is 5.32 Å². The van der Waals surface area contributed by atoms with Crippen molar-refractivity contribution in [3.05, 3.63) is 0 Å². The maximum absolute atomic E-state index is 10.2. The normalized spacial score (nSPS) is 14.7. The summed E-state index contributed by atoms with van der Waals surface area (Å²) in [5.74, 6) is -0.00810. The Bertz CT molecular complexity index is 76.2. The van der Waals surface area contributed by atoms with E-state index in [0.717, 1.165) is 0 Å². The zero-order valence-corrected chi connectivity index (χ0v) is 7.94. The van der Waals surface area contributed by atoms with E-state index in [0.29, 0.717) is 13.2 Å². The molecular formula is C8H19NO2. The predicted molar refractivity (Wildman–Crippen MR) is 46.5 cm³/mol. The molecule has 11 heavy (non-hydrogen) atoms. The quantitative estimate of drug-likeness (QED) is 0.579. The van der Waals surface area contributed by atoms with Gasteiger partial charge in [-0.3, -0.25) is 4.79 Å². The molecule has 0 aliphatic carbocycles. The van der Waals surface area contributed by atoms with Gasteiger partial charge in [-0.2, -0.15) is 0 Å². The van der Waals surface area contributed by atoms with Crippen LogP contribution in [-0.4, -0.2) is 25.7 Å². The van der Waals surface area contributed by atoms with Crippen molar-refractivity contribution in [3.63, 3.8) is 0 Å². The maximum Gasteiger partial charge on any atom is 0.246 e. The van der Waals surface area contributed by atoms with Gasteiger partial charge in [-0.1, -0.05) is 27.7 Å². The Balaban J connectivity index is 0. The molecule has 1 saturated heterocycles. The third-order valence-electron chi connectivity index (χ3n) is 0.802. The van der Waals surface area contributed by atoms with Crippen LogP contribution in [0.15, 0.2) is 0 Å². The predicted octanol–water partition coefficient (Wildman–Crippen LogP) is 1.19. The van der Waals surface area contributed by atoms with Crippen molar-refractivity contribution in [1.29, 1.82) is 0 Å². The van der Waals surface area contributed by atoms with Gasteiger partial charge < -0.3 is 10.1 Å². The van der Waals surface area contributed by atoms with E-state index in [1.807, 2.05) is 27.7 Å². The van der Waals surface area contributed by atoms with Gasteiger partial charge in [-0.25, -0.2) is 0 Å². The van der Waals surface area contributed by atoms with Gasteiger partial charge in [0.1, 0.15) is 6.61 Å². The highest BCUT2D eigenvalue weighted by molar-refractivity contribution is 5.77. The van der Waals surface area contributed by atoms with Gasteiger partial charge in [0.25, 0.3) is 0 Å². The summed E-state index contributed by atoms with van der Waals surface area (Å²) in [5, 5.41) is 2.62. The fourth-order valence-electron chi connectivity index (χ4n) is 0.479. The smallest absolute Gasteiger partial charge is 0.246 e. The second kappa shape index (κ2) is 12.1. The third kappa shape index (κ3) is 9.43. The van der Waals surface area contributed by atoms with Crippen molar-refractivity contribution < 1.29 is 9.53 Å². The number of amides is 1. The molecule has 0 unspecified atom stereocenters. The molecule has 0 bridgehead atoms. The minimum Gasteiger partial charge on any atom is -0.370 e. The monoisotopic (exact) mass is 161 g/mol. The van der Waals surface area contributed by atoms with E-state index in [4.69, 9.17) is 4.74 Å². The molecule has 0 aromatic heterocycles. The van der Waals surface area contributed by atoms with Crippen LogP contribution in [0.3, 0.4) is 0 Å².